The van der Waals surface area contributed by atoms with Crippen LogP contribution >= 0.6 is 0 Å². The quantitative estimate of drug-likeness (QED) is 0.0236. The summed E-state index contributed by atoms with van der Waals surface area (Å²) in [5.41, 5.74) is 26.9. The predicted molar refractivity (Wildman–Crippen MR) is 207 cm³/mol. The third kappa shape index (κ3) is 17.7. The molecule has 0 aliphatic carbocycles. The van der Waals surface area contributed by atoms with Crippen molar-refractivity contribution in [2.75, 3.05) is 26.2 Å². The second kappa shape index (κ2) is 24.7. The molecule has 1 rings (SSSR count). The highest BCUT2D eigenvalue weighted by Gasteiger charge is 2.37. The highest BCUT2D eigenvalue weighted by atomic mass is 16.4. The lowest BCUT2D eigenvalue weighted by atomic mass is 9.98. The molecule has 17 N–H and O–H groups in total. The summed E-state index contributed by atoms with van der Waals surface area (Å²) < 4.78 is 0. The predicted octanol–water partition coefficient (Wildman–Crippen LogP) is -4.27. The van der Waals surface area contributed by atoms with E-state index in [0.29, 0.717) is 19.4 Å². The summed E-state index contributed by atoms with van der Waals surface area (Å²) in [6, 6.07) is -7.52. The molecule has 0 spiro atoms. The first kappa shape index (κ1) is 49.3. The number of carboxylic acid groups (broad SMARTS) is 2. The molecule has 0 unspecified atom stereocenters. The van der Waals surface area contributed by atoms with Crippen LogP contribution in [0.1, 0.15) is 79.1 Å². The number of carbonyl (C=O) groups is 8. The van der Waals surface area contributed by atoms with Gasteiger partial charge in [-0.15, -0.1) is 0 Å². The average molecular weight is 812 g/mol. The molecule has 1 aliphatic rings. The SMILES string of the molecule is CC(C)[C@H](NC(=O)[C@H](CCCN=C(N)N)NC(=O)[C@@H]1CCCN1C(=O)CN)C(=O)N[C@H](C(=O)N[C@@H](CCC(=O)O)C(=O)N[C@@H](CCCN=C(N)N)C(=O)O)C(C)C. The van der Waals surface area contributed by atoms with Gasteiger partial charge in [-0.25, -0.2) is 4.79 Å². The first-order chi connectivity index (χ1) is 26.7. The van der Waals surface area contributed by atoms with Gasteiger partial charge in [0.2, 0.25) is 35.4 Å². The summed E-state index contributed by atoms with van der Waals surface area (Å²) in [7, 11) is 0. The summed E-state index contributed by atoms with van der Waals surface area (Å²) >= 11 is 0. The van der Waals surface area contributed by atoms with Crippen LogP contribution in [0.4, 0.5) is 0 Å². The van der Waals surface area contributed by atoms with Crippen LogP contribution in [0.25, 0.3) is 0 Å². The Morgan fingerprint density at radius 3 is 1.60 bits per heavy atom. The number of nitrogens with zero attached hydrogens (tertiary/aromatic N) is 3. The van der Waals surface area contributed by atoms with Crippen molar-refractivity contribution in [3.63, 3.8) is 0 Å². The molecule has 1 saturated heterocycles. The lowest BCUT2D eigenvalue weighted by Crippen LogP contribution is -2.61. The molecular weight excluding hydrogens is 750 g/mol. The number of likely N-dealkylation sites (tertiary alicyclic amines) is 1. The second-order valence-electron chi connectivity index (χ2n) is 14.3. The number of aliphatic imine (C=N–C) groups is 2. The topological polar surface area (TPSA) is 395 Å². The molecule has 6 atom stereocenters. The molecule has 0 aromatic carbocycles. The zero-order chi connectivity index (χ0) is 43.4. The number of carbonyl (C=O) groups excluding carboxylic acids is 6. The molecule has 23 nitrogen and oxygen atoms in total. The van der Waals surface area contributed by atoms with Gasteiger partial charge in [0, 0.05) is 26.1 Å². The molecule has 0 saturated carbocycles. The molecule has 1 aliphatic heterocycles. The van der Waals surface area contributed by atoms with Gasteiger partial charge in [-0.3, -0.25) is 43.5 Å². The van der Waals surface area contributed by atoms with E-state index in [0.717, 1.165) is 0 Å². The number of carboxylic acids is 2. The van der Waals surface area contributed by atoms with Crippen molar-refractivity contribution < 1.29 is 48.6 Å². The van der Waals surface area contributed by atoms with Crippen molar-refractivity contribution in [1.82, 2.24) is 31.5 Å². The van der Waals surface area contributed by atoms with Crippen molar-refractivity contribution >= 4 is 59.3 Å². The maximum Gasteiger partial charge on any atom is 0.326 e. The van der Waals surface area contributed by atoms with Crippen molar-refractivity contribution in [1.29, 1.82) is 0 Å². The van der Waals surface area contributed by atoms with Gasteiger partial charge in [-0.2, -0.15) is 0 Å². The van der Waals surface area contributed by atoms with E-state index in [2.05, 4.69) is 36.6 Å². The third-order valence-corrected chi connectivity index (χ3v) is 8.96. The minimum atomic E-state index is -1.51. The number of amides is 6. The highest BCUT2D eigenvalue weighted by molar-refractivity contribution is 5.97. The fourth-order valence-corrected chi connectivity index (χ4v) is 5.89. The van der Waals surface area contributed by atoms with Gasteiger partial charge in [0.05, 0.1) is 6.54 Å². The molecule has 1 heterocycles. The molecule has 6 amide bonds. The van der Waals surface area contributed by atoms with Gasteiger partial charge in [-0.05, 0) is 56.8 Å². The van der Waals surface area contributed by atoms with Crippen LogP contribution < -0.4 is 55.3 Å². The first-order valence-electron chi connectivity index (χ1n) is 18.8. The summed E-state index contributed by atoms with van der Waals surface area (Å²) in [5, 5.41) is 31.6. The maximum absolute atomic E-state index is 13.8. The Bertz CT molecular complexity index is 1480. The smallest absolute Gasteiger partial charge is 0.326 e. The van der Waals surface area contributed by atoms with Crippen molar-refractivity contribution in [3.8, 4) is 0 Å². The number of rotatable bonds is 25. The summed E-state index contributed by atoms with van der Waals surface area (Å²) in [6.45, 7) is 6.71. The van der Waals surface area contributed by atoms with Gasteiger partial charge in [0.25, 0.3) is 0 Å². The number of nitrogens with one attached hydrogen (secondary N) is 5. The first-order valence-corrected chi connectivity index (χ1v) is 18.8. The normalized spacial score (nSPS) is 16.3. The molecule has 1 fully saturated rings. The number of aliphatic carboxylic acids is 2. The Morgan fingerprint density at radius 1 is 0.667 bits per heavy atom. The van der Waals surface area contributed by atoms with Crippen LogP contribution in [0, 0.1) is 11.8 Å². The molecule has 57 heavy (non-hydrogen) atoms. The number of hydrogen-bond acceptors (Lipinski definition) is 11. The van der Waals surface area contributed by atoms with Crippen molar-refractivity contribution in [3.05, 3.63) is 0 Å². The number of nitrogens with two attached hydrogens (primary N) is 5. The number of hydrogen-bond donors (Lipinski definition) is 12. The van der Waals surface area contributed by atoms with E-state index < -0.39 is 108 Å². The summed E-state index contributed by atoms with van der Waals surface area (Å²) in [5.74, 6) is -8.57. The Labute approximate surface area is 331 Å². The summed E-state index contributed by atoms with van der Waals surface area (Å²) in [6.07, 6.45) is 0.333. The molecule has 0 aromatic rings. The zero-order valence-electron chi connectivity index (χ0n) is 33.0. The molecule has 0 radical (unpaired) electrons. The lowest BCUT2D eigenvalue weighted by molar-refractivity contribution is -0.143. The van der Waals surface area contributed by atoms with E-state index in [4.69, 9.17) is 28.7 Å². The van der Waals surface area contributed by atoms with E-state index in [1.165, 1.54) is 4.90 Å². The van der Waals surface area contributed by atoms with E-state index in [1.807, 2.05) is 0 Å². The zero-order valence-corrected chi connectivity index (χ0v) is 33.0. The van der Waals surface area contributed by atoms with Crippen LogP contribution in [0.15, 0.2) is 9.98 Å². The molecule has 0 aromatic heterocycles. The fraction of sp³-hybridized carbons (Fsp3) is 0.706. The highest BCUT2D eigenvalue weighted by Crippen LogP contribution is 2.18. The van der Waals surface area contributed by atoms with Gasteiger partial charge in [0.1, 0.15) is 36.3 Å². The monoisotopic (exact) mass is 811 g/mol. The van der Waals surface area contributed by atoms with E-state index >= 15 is 0 Å². The maximum atomic E-state index is 13.8. The minimum Gasteiger partial charge on any atom is -0.481 e. The minimum absolute atomic E-state index is 0.0498. The second-order valence-corrected chi connectivity index (χ2v) is 14.3. The Morgan fingerprint density at radius 2 is 1.12 bits per heavy atom. The number of guanidine groups is 2. The average Bonchev–Trinajstić information content (AvgIpc) is 3.62. The van der Waals surface area contributed by atoms with Crippen molar-refractivity contribution in [2.24, 2.45) is 50.5 Å². The molecule has 23 heteroatoms. The van der Waals surface area contributed by atoms with Crippen LogP contribution in [-0.2, 0) is 38.4 Å². The van der Waals surface area contributed by atoms with E-state index in [-0.39, 0.29) is 57.2 Å². The largest absolute Gasteiger partial charge is 0.481 e. The Hall–Kier alpha value is -5.74. The lowest BCUT2D eigenvalue weighted by Gasteiger charge is -2.30. The van der Waals surface area contributed by atoms with Gasteiger partial charge >= 0.3 is 11.9 Å². The van der Waals surface area contributed by atoms with Crippen LogP contribution in [0.3, 0.4) is 0 Å². The van der Waals surface area contributed by atoms with Crippen LogP contribution in [-0.4, -0.2) is 137 Å². The third-order valence-electron chi connectivity index (χ3n) is 8.96. The summed E-state index contributed by atoms with van der Waals surface area (Å²) in [4.78, 5) is 112. The molecule has 322 valence electrons. The van der Waals surface area contributed by atoms with Crippen molar-refractivity contribution in [2.45, 2.75) is 115 Å². The van der Waals surface area contributed by atoms with E-state index in [1.54, 1.807) is 27.7 Å². The van der Waals surface area contributed by atoms with Crippen LogP contribution in [0.5, 0.6) is 0 Å². The fourth-order valence-electron chi connectivity index (χ4n) is 5.89. The standard InChI is InChI=1S/C34H61N13O10/c1-17(2)25(30(54)43-20(11-12-24(49)50)27(51)44-21(32(56)57)9-6-14-41-34(38)39)46-31(55)26(18(3)4)45-28(52)19(8-5-13-40-33(36)37)42-29(53)22-10-7-15-47(22)23(48)16-35/h17-22,25-26H,5-16,35H2,1-4H3,(H,42,53)(H,43,54)(H,44,51)(H,45,52)(H,46,55)(H,49,50)(H,56,57)(H4,36,37,40)(H4,38,39,41)/t19-,20-,21-,22-,25-,26-/m0/s1. The molecular formula is C34H61N13O10. The Kier molecular flexibility index (Phi) is 21.4. The van der Waals surface area contributed by atoms with Gasteiger partial charge in [-0.1, -0.05) is 27.7 Å². The van der Waals surface area contributed by atoms with Gasteiger partial charge < -0.3 is 70.4 Å². The van der Waals surface area contributed by atoms with E-state index in [9.17, 15) is 48.6 Å². The van der Waals surface area contributed by atoms with Crippen LogP contribution in [0.2, 0.25) is 0 Å². The molecule has 0 bridgehead atoms. The Balaban J connectivity index is 3.23. The van der Waals surface area contributed by atoms with Gasteiger partial charge in [0.15, 0.2) is 11.9 Å².